The third-order valence-corrected chi connectivity index (χ3v) is 2.18. The second-order valence-electron chi connectivity index (χ2n) is 2.51. The summed E-state index contributed by atoms with van der Waals surface area (Å²) >= 11 is 3.30. The van der Waals surface area contributed by atoms with Crippen molar-refractivity contribution < 1.29 is 4.74 Å². The van der Waals surface area contributed by atoms with Gasteiger partial charge >= 0.3 is 0 Å². The number of nitrogens with one attached hydrogen (secondary N) is 1. The van der Waals surface area contributed by atoms with E-state index in [1.54, 1.807) is 14.0 Å². The van der Waals surface area contributed by atoms with E-state index in [-0.39, 0.29) is 0 Å². The van der Waals surface area contributed by atoms with E-state index in [9.17, 15) is 0 Å². The number of hydrogen-bond acceptors (Lipinski definition) is 4. The monoisotopic (exact) mass is 242 g/mol. The summed E-state index contributed by atoms with van der Waals surface area (Å²) in [6.07, 6.45) is 0. The molecule has 0 bridgehead atoms. The Bertz CT molecular complexity index is 453. The number of hydrogen-bond donors (Lipinski definition) is 1. The van der Waals surface area contributed by atoms with Crippen LogP contribution in [0.2, 0.25) is 0 Å². The molecule has 0 aliphatic rings. The van der Waals surface area contributed by atoms with Crippen LogP contribution < -0.4 is 4.74 Å². The maximum Gasteiger partial charge on any atom is 0.245 e. The molecule has 5 nitrogen and oxygen atoms in total. The number of rotatable bonds is 1. The van der Waals surface area contributed by atoms with Gasteiger partial charge in [-0.05, 0) is 22.9 Å². The molecule has 0 radical (unpaired) electrons. The van der Waals surface area contributed by atoms with Gasteiger partial charge < -0.3 is 4.74 Å². The SMILES string of the molecule is COc1nc(C)nc2c(Br)[nH]nc12. The Morgan fingerprint density at radius 2 is 2.08 bits per heavy atom. The molecule has 2 aromatic rings. The lowest BCUT2D eigenvalue weighted by Gasteiger charge is -1.99. The van der Waals surface area contributed by atoms with Gasteiger partial charge in [0.05, 0.1) is 7.11 Å². The second-order valence-corrected chi connectivity index (χ2v) is 3.31. The zero-order valence-corrected chi connectivity index (χ0v) is 8.71. The standard InChI is InChI=1S/C7H7BrN4O/c1-3-9-4-5(7(10-3)13-2)11-12-6(4)8/h1-2H3,(H,11,12). The van der Waals surface area contributed by atoms with Gasteiger partial charge in [-0.2, -0.15) is 10.1 Å². The zero-order valence-electron chi connectivity index (χ0n) is 7.13. The summed E-state index contributed by atoms with van der Waals surface area (Å²) in [6.45, 7) is 1.81. The molecule has 0 saturated carbocycles. The molecule has 6 heteroatoms. The minimum Gasteiger partial charge on any atom is -0.479 e. The molecule has 0 atom stereocenters. The van der Waals surface area contributed by atoms with Crippen molar-refractivity contribution in [1.82, 2.24) is 20.2 Å². The molecule has 2 aromatic heterocycles. The van der Waals surface area contributed by atoms with E-state index in [4.69, 9.17) is 4.74 Å². The van der Waals surface area contributed by atoms with Crippen molar-refractivity contribution in [2.24, 2.45) is 0 Å². The molecule has 0 saturated heterocycles. The first kappa shape index (κ1) is 8.43. The highest BCUT2D eigenvalue weighted by atomic mass is 79.9. The fourth-order valence-electron chi connectivity index (χ4n) is 1.10. The van der Waals surface area contributed by atoms with Crippen LogP contribution in [0.5, 0.6) is 5.88 Å². The fraction of sp³-hybridized carbons (Fsp3) is 0.286. The molecule has 0 fully saturated rings. The molecule has 2 rings (SSSR count). The van der Waals surface area contributed by atoms with Crippen molar-refractivity contribution in [1.29, 1.82) is 0 Å². The highest BCUT2D eigenvalue weighted by molar-refractivity contribution is 9.10. The summed E-state index contributed by atoms with van der Waals surface area (Å²) in [5.74, 6) is 1.15. The van der Waals surface area contributed by atoms with Crippen molar-refractivity contribution in [3.8, 4) is 5.88 Å². The highest BCUT2D eigenvalue weighted by Gasteiger charge is 2.11. The molecule has 0 aliphatic heterocycles. The first-order chi connectivity index (χ1) is 6.22. The van der Waals surface area contributed by atoms with Gasteiger partial charge in [-0.15, -0.1) is 0 Å². The van der Waals surface area contributed by atoms with Crippen molar-refractivity contribution in [3.05, 3.63) is 10.4 Å². The average Bonchev–Trinajstić information content (AvgIpc) is 2.47. The Morgan fingerprint density at radius 1 is 1.31 bits per heavy atom. The highest BCUT2D eigenvalue weighted by Crippen LogP contribution is 2.24. The van der Waals surface area contributed by atoms with Gasteiger partial charge in [0.1, 0.15) is 15.9 Å². The summed E-state index contributed by atoms with van der Waals surface area (Å²) in [5, 5.41) is 6.77. The van der Waals surface area contributed by atoms with Crippen LogP contribution in [0.25, 0.3) is 11.0 Å². The summed E-state index contributed by atoms with van der Waals surface area (Å²) in [4.78, 5) is 8.31. The Morgan fingerprint density at radius 3 is 2.77 bits per heavy atom. The summed E-state index contributed by atoms with van der Waals surface area (Å²) in [7, 11) is 1.56. The minimum absolute atomic E-state index is 0.490. The predicted molar refractivity (Wildman–Crippen MR) is 50.7 cm³/mol. The van der Waals surface area contributed by atoms with Crippen LogP contribution in [0.15, 0.2) is 4.60 Å². The molecule has 2 heterocycles. The zero-order chi connectivity index (χ0) is 9.42. The lowest BCUT2D eigenvalue weighted by molar-refractivity contribution is 0.400. The van der Waals surface area contributed by atoms with E-state index in [1.807, 2.05) is 0 Å². The molecular formula is C7H7BrN4O. The number of aromatic amines is 1. The lowest BCUT2D eigenvalue weighted by atomic mass is 10.4. The Hall–Kier alpha value is -1.17. The molecule has 0 aliphatic carbocycles. The normalized spacial score (nSPS) is 10.7. The van der Waals surface area contributed by atoms with Crippen molar-refractivity contribution in [2.45, 2.75) is 6.92 Å². The van der Waals surface area contributed by atoms with E-state index in [1.165, 1.54) is 0 Å². The topological polar surface area (TPSA) is 63.7 Å². The molecule has 0 unspecified atom stereocenters. The summed E-state index contributed by atoms with van der Waals surface area (Å²) < 4.78 is 5.81. The second kappa shape index (κ2) is 2.95. The summed E-state index contributed by atoms with van der Waals surface area (Å²) in [6, 6.07) is 0. The van der Waals surface area contributed by atoms with E-state index in [0.29, 0.717) is 17.2 Å². The predicted octanol–water partition coefficient (Wildman–Crippen LogP) is 1.43. The van der Waals surface area contributed by atoms with Crippen LogP contribution >= 0.6 is 15.9 Å². The number of methoxy groups -OCH3 is 1. The van der Waals surface area contributed by atoms with E-state index in [2.05, 4.69) is 36.1 Å². The number of halogens is 1. The summed E-state index contributed by atoms with van der Waals surface area (Å²) in [5.41, 5.74) is 1.38. The number of H-pyrrole nitrogens is 1. The maximum absolute atomic E-state index is 5.07. The molecular weight excluding hydrogens is 236 g/mol. The van der Waals surface area contributed by atoms with Crippen LogP contribution in [0.1, 0.15) is 5.82 Å². The Labute approximate surface area is 82.7 Å². The van der Waals surface area contributed by atoms with Gasteiger partial charge in [0.2, 0.25) is 5.88 Å². The largest absolute Gasteiger partial charge is 0.479 e. The number of aromatic nitrogens is 4. The van der Waals surface area contributed by atoms with Crippen LogP contribution in [0.3, 0.4) is 0 Å². The smallest absolute Gasteiger partial charge is 0.245 e. The van der Waals surface area contributed by atoms with Crippen molar-refractivity contribution >= 4 is 27.0 Å². The fourth-order valence-corrected chi connectivity index (χ4v) is 1.46. The third kappa shape index (κ3) is 1.27. The van der Waals surface area contributed by atoms with E-state index in [0.717, 1.165) is 10.1 Å². The average molecular weight is 243 g/mol. The quantitative estimate of drug-likeness (QED) is 0.822. The Balaban J connectivity index is 2.84. The van der Waals surface area contributed by atoms with E-state index < -0.39 is 0 Å². The van der Waals surface area contributed by atoms with Gasteiger partial charge in [0, 0.05) is 0 Å². The van der Waals surface area contributed by atoms with Gasteiger partial charge in [0.15, 0.2) is 5.52 Å². The van der Waals surface area contributed by atoms with Gasteiger partial charge in [-0.1, -0.05) is 0 Å². The van der Waals surface area contributed by atoms with Crippen LogP contribution in [-0.4, -0.2) is 27.3 Å². The first-order valence-electron chi connectivity index (χ1n) is 3.64. The van der Waals surface area contributed by atoms with Gasteiger partial charge in [0.25, 0.3) is 0 Å². The number of ether oxygens (including phenoxy) is 1. The van der Waals surface area contributed by atoms with Crippen LogP contribution in [0, 0.1) is 6.92 Å². The van der Waals surface area contributed by atoms with Gasteiger partial charge in [-0.3, -0.25) is 5.10 Å². The molecule has 68 valence electrons. The van der Waals surface area contributed by atoms with Crippen LogP contribution in [-0.2, 0) is 0 Å². The van der Waals surface area contributed by atoms with Gasteiger partial charge in [-0.25, -0.2) is 4.98 Å². The van der Waals surface area contributed by atoms with E-state index >= 15 is 0 Å². The number of fused-ring (bicyclic) bond motifs is 1. The first-order valence-corrected chi connectivity index (χ1v) is 4.44. The number of aryl methyl sites for hydroxylation is 1. The maximum atomic E-state index is 5.07. The third-order valence-electron chi connectivity index (χ3n) is 1.63. The van der Waals surface area contributed by atoms with Crippen molar-refractivity contribution in [3.63, 3.8) is 0 Å². The molecule has 0 aromatic carbocycles. The lowest BCUT2D eigenvalue weighted by Crippen LogP contribution is -1.94. The molecule has 0 spiro atoms. The number of nitrogens with zero attached hydrogens (tertiary/aromatic N) is 3. The van der Waals surface area contributed by atoms with Crippen molar-refractivity contribution in [2.75, 3.05) is 7.11 Å². The molecule has 13 heavy (non-hydrogen) atoms. The Kier molecular flexibility index (Phi) is 1.91. The minimum atomic E-state index is 0.490. The molecule has 0 amide bonds. The molecule has 1 N–H and O–H groups in total. The van der Waals surface area contributed by atoms with Crippen LogP contribution in [0.4, 0.5) is 0 Å².